The number of hydrazone groups is 1. The molecule has 0 atom stereocenters. The maximum absolute atomic E-state index is 11.9. The highest BCUT2D eigenvalue weighted by molar-refractivity contribution is 14.1. The van der Waals surface area contributed by atoms with Gasteiger partial charge < -0.3 is 9.47 Å². The summed E-state index contributed by atoms with van der Waals surface area (Å²) in [5.74, 6) is 1.04. The first-order valence-electron chi connectivity index (χ1n) is 7.39. The molecule has 24 heavy (non-hydrogen) atoms. The van der Waals surface area contributed by atoms with Crippen LogP contribution in [0.3, 0.4) is 0 Å². The van der Waals surface area contributed by atoms with Gasteiger partial charge in [0.15, 0.2) is 11.5 Å². The van der Waals surface area contributed by atoms with Crippen LogP contribution in [0.15, 0.2) is 41.8 Å². The Morgan fingerprint density at radius 1 is 1.46 bits per heavy atom. The molecule has 0 aliphatic heterocycles. The molecule has 2 aromatic rings. The van der Waals surface area contributed by atoms with Crippen molar-refractivity contribution in [1.82, 2.24) is 10.4 Å². The average molecular weight is 439 g/mol. The maximum atomic E-state index is 11.9. The number of nitrogens with one attached hydrogen (secondary N) is 1. The number of pyridine rings is 1. The Hall–Kier alpha value is -2.16. The van der Waals surface area contributed by atoms with Crippen LogP contribution in [0.4, 0.5) is 0 Å². The van der Waals surface area contributed by atoms with Gasteiger partial charge in [-0.2, -0.15) is 5.10 Å². The van der Waals surface area contributed by atoms with E-state index in [0.717, 1.165) is 21.3 Å². The highest BCUT2D eigenvalue weighted by Gasteiger charge is 2.11. The third-order valence-corrected chi connectivity index (χ3v) is 3.81. The summed E-state index contributed by atoms with van der Waals surface area (Å²) in [5.41, 5.74) is 3.72. The smallest absolute Gasteiger partial charge is 0.272 e. The van der Waals surface area contributed by atoms with Gasteiger partial charge in [-0.3, -0.25) is 9.78 Å². The first-order chi connectivity index (χ1) is 11.7. The number of carbonyl (C=O) groups is 1. The predicted molar refractivity (Wildman–Crippen MR) is 101 cm³/mol. The van der Waals surface area contributed by atoms with E-state index in [2.05, 4.69) is 38.1 Å². The molecule has 0 aliphatic rings. The largest absolute Gasteiger partial charge is 0.493 e. The van der Waals surface area contributed by atoms with Crippen LogP contribution in [0, 0.1) is 3.57 Å². The topological polar surface area (TPSA) is 72.8 Å². The normalized spacial score (nSPS) is 10.6. The van der Waals surface area contributed by atoms with E-state index >= 15 is 0 Å². The van der Waals surface area contributed by atoms with Crippen molar-refractivity contribution in [1.29, 1.82) is 0 Å². The van der Waals surface area contributed by atoms with Crippen LogP contribution in [0.1, 0.15) is 29.3 Å². The van der Waals surface area contributed by atoms with Crippen molar-refractivity contribution in [2.45, 2.75) is 13.3 Å². The molecule has 1 aromatic carbocycles. The molecule has 126 valence electrons. The Kier molecular flexibility index (Phi) is 6.98. The highest BCUT2D eigenvalue weighted by Crippen LogP contribution is 2.33. The van der Waals surface area contributed by atoms with Crippen molar-refractivity contribution in [3.8, 4) is 11.5 Å². The number of halogens is 1. The first-order valence-corrected chi connectivity index (χ1v) is 8.47. The summed E-state index contributed by atoms with van der Waals surface area (Å²) in [6, 6.07) is 7.09. The van der Waals surface area contributed by atoms with Crippen LogP contribution in [-0.2, 0) is 0 Å². The number of hydrogen-bond acceptors (Lipinski definition) is 5. The molecule has 0 unspecified atom stereocenters. The molecule has 0 saturated carbocycles. The molecule has 6 nitrogen and oxygen atoms in total. The Morgan fingerprint density at radius 2 is 2.29 bits per heavy atom. The quantitative estimate of drug-likeness (QED) is 0.409. The fraction of sp³-hybridized carbons (Fsp3) is 0.235. The van der Waals surface area contributed by atoms with Gasteiger partial charge in [-0.25, -0.2) is 5.43 Å². The van der Waals surface area contributed by atoms with Crippen LogP contribution >= 0.6 is 22.6 Å². The van der Waals surface area contributed by atoms with Crippen LogP contribution in [0.25, 0.3) is 0 Å². The Morgan fingerprint density at radius 3 is 2.96 bits per heavy atom. The average Bonchev–Trinajstić information content (AvgIpc) is 2.61. The van der Waals surface area contributed by atoms with E-state index in [1.165, 1.54) is 6.20 Å². The minimum Gasteiger partial charge on any atom is -0.493 e. The van der Waals surface area contributed by atoms with Gasteiger partial charge in [-0.05, 0) is 58.8 Å². The van der Waals surface area contributed by atoms with E-state index < -0.39 is 0 Å². The predicted octanol–water partition coefficient (Wildman–Crippen LogP) is 3.25. The molecule has 0 fully saturated rings. The number of aromatic nitrogens is 1. The van der Waals surface area contributed by atoms with Gasteiger partial charge in [-0.1, -0.05) is 6.92 Å². The van der Waals surface area contributed by atoms with Gasteiger partial charge in [-0.15, -0.1) is 0 Å². The summed E-state index contributed by atoms with van der Waals surface area (Å²) in [5, 5.41) is 3.97. The Balaban J connectivity index is 2.09. The van der Waals surface area contributed by atoms with Crippen LogP contribution in [0.2, 0.25) is 0 Å². The van der Waals surface area contributed by atoms with Gasteiger partial charge in [0.1, 0.15) is 0 Å². The van der Waals surface area contributed by atoms with Gasteiger partial charge in [0.05, 0.1) is 29.1 Å². The van der Waals surface area contributed by atoms with Gasteiger partial charge in [0.2, 0.25) is 0 Å². The molecule has 0 radical (unpaired) electrons. The van der Waals surface area contributed by atoms with Crippen LogP contribution < -0.4 is 14.9 Å². The lowest BCUT2D eigenvalue weighted by atomic mass is 10.2. The fourth-order valence-corrected chi connectivity index (χ4v) is 2.67. The molecule has 1 N–H and O–H groups in total. The summed E-state index contributed by atoms with van der Waals surface area (Å²) < 4.78 is 12.0. The van der Waals surface area contributed by atoms with Gasteiger partial charge in [0.25, 0.3) is 5.91 Å². The zero-order valence-corrected chi connectivity index (χ0v) is 15.6. The second kappa shape index (κ2) is 9.21. The van der Waals surface area contributed by atoms with Gasteiger partial charge >= 0.3 is 0 Å². The second-order valence-corrected chi connectivity index (χ2v) is 5.99. The lowest BCUT2D eigenvalue weighted by molar-refractivity contribution is 0.0955. The fourth-order valence-electron chi connectivity index (χ4n) is 1.89. The number of hydrogen-bond donors (Lipinski definition) is 1. The molecule has 0 saturated heterocycles. The number of rotatable bonds is 7. The number of amides is 1. The number of ether oxygens (including phenoxy) is 2. The molecule has 2 rings (SSSR count). The summed E-state index contributed by atoms with van der Waals surface area (Å²) in [4.78, 5) is 15.8. The summed E-state index contributed by atoms with van der Waals surface area (Å²) in [6.45, 7) is 2.67. The van der Waals surface area contributed by atoms with E-state index in [0.29, 0.717) is 17.9 Å². The van der Waals surface area contributed by atoms with E-state index in [1.807, 2.05) is 19.1 Å². The lowest BCUT2D eigenvalue weighted by Gasteiger charge is -2.12. The zero-order valence-electron chi connectivity index (χ0n) is 13.5. The molecule has 0 bridgehead atoms. The van der Waals surface area contributed by atoms with Crippen molar-refractivity contribution in [3.63, 3.8) is 0 Å². The molecule has 0 spiro atoms. The number of benzene rings is 1. The summed E-state index contributed by atoms with van der Waals surface area (Å²) in [7, 11) is 1.59. The van der Waals surface area contributed by atoms with E-state index in [4.69, 9.17) is 9.47 Å². The van der Waals surface area contributed by atoms with Crippen molar-refractivity contribution in [3.05, 3.63) is 51.4 Å². The minimum atomic E-state index is -0.316. The minimum absolute atomic E-state index is 0.316. The molecule has 1 amide bonds. The third kappa shape index (κ3) is 4.92. The molecule has 7 heteroatoms. The monoisotopic (exact) mass is 439 g/mol. The lowest BCUT2D eigenvalue weighted by Crippen LogP contribution is -2.17. The van der Waals surface area contributed by atoms with E-state index in [1.54, 1.807) is 31.7 Å². The molecule has 1 aromatic heterocycles. The number of nitrogens with zero attached hydrogens (tertiary/aromatic N) is 2. The summed E-state index contributed by atoms with van der Waals surface area (Å²) in [6.07, 6.45) is 5.57. The molecular weight excluding hydrogens is 421 g/mol. The second-order valence-electron chi connectivity index (χ2n) is 4.82. The highest BCUT2D eigenvalue weighted by atomic mass is 127. The zero-order chi connectivity index (χ0) is 17.4. The van der Waals surface area contributed by atoms with E-state index in [-0.39, 0.29) is 5.91 Å². The van der Waals surface area contributed by atoms with Crippen molar-refractivity contribution in [2.24, 2.45) is 5.10 Å². The first kappa shape index (κ1) is 18.2. The molecule has 0 aliphatic carbocycles. The SMILES string of the molecule is CCCOc1c(I)cc(/C=N/NC(=O)c2cccnc2)cc1OC. The third-order valence-electron chi connectivity index (χ3n) is 3.01. The van der Waals surface area contributed by atoms with Crippen molar-refractivity contribution >= 4 is 34.7 Å². The number of carbonyl (C=O) groups excluding carboxylic acids is 1. The summed E-state index contributed by atoms with van der Waals surface area (Å²) >= 11 is 2.19. The van der Waals surface area contributed by atoms with Gasteiger partial charge in [0, 0.05) is 12.4 Å². The molecular formula is C17H18IN3O3. The van der Waals surface area contributed by atoms with E-state index in [9.17, 15) is 4.79 Å². The van der Waals surface area contributed by atoms with Crippen molar-refractivity contribution < 1.29 is 14.3 Å². The van der Waals surface area contributed by atoms with Crippen LogP contribution in [-0.4, -0.2) is 30.8 Å². The Labute approximate surface area is 154 Å². The number of methoxy groups -OCH3 is 1. The van der Waals surface area contributed by atoms with Crippen LogP contribution in [0.5, 0.6) is 11.5 Å². The van der Waals surface area contributed by atoms with Crippen molar-refractivity contribution in [2.75, 3.05) is 13.7 Å². The standard InChI is InChI=1S/C17H18IN3O3/c1-3-7-24-16-14(18)8-12(9-15(16)23-2)10-20-21-17(22)13-5-4-6-19-11-13/h4-6,8-11H,3,7H2,1-2H3,(H,21,22)/b20-10+. The maximum Gasteiger partial charge on any atom is 0.272 e. The molecule has 1 heterocycles. The Bertz CT molecular complexity index is 721.